The second-order valence-electron chi connectivity index (χ2n) is 2.55. The van der Waals surface area contributed by atoms with Gasteiger partial charge in [-0.15, -0.1) is 0 Å². The summed E-state index contributed by atoms with van der Waals surface area (Å²) in [6.45, 7) is 0. The molecule has 0 aromatic heterocycles. The van der Waals surface area contributed by atoms with E-state index in [0.717, 1.165) is 0 Å². The third-order valence-electron chi connectivity index (χ3n) is 1.09. The normalized spacial score (nSPS) is 8.00. The number of ketones is 2. The van der Waals surface area contributed by atoms with Gasteiger partial charge in [-0.25, -0.2) is 9.59 Å². The second kappa shape index (κ2) is 10.9. The Balaban J connectivity index is -0.000000256. The van der Waals surface area contributed by atoms with Gasteiger partial charge in [0.25, 0.3) is 0 Å². The summed E-state index contributed by atoms with van der Waals surface area (Å²) in [6, 6.07) is 0. The van der Waals surface area contributed by atoms with E-state index in [9.17, 15) is 39.0 Å². The number of carbonyl (C=O) groups excluding carboxylic acids is 4. The predicted octanol–water partition coefficient (Wildman–Crippen LogP) is -4.44. The van der Waals surface area contributed by atoms with Gasteiger partial charge in [0.15, 0.2) is 0 Å². The number of hydrogen-bond donors (Lipinski definition) is 2. The molecule has 0 aromatic carbocycles. The summed E-state index contributed by atoms with van der Waals surface area (Å²) in [5.74, 6) is -9.59. The Morgan fingerprint density at radius 1 is 0.684 bits per heavy atom. The first-order chi connectivity index (χ1) is 8.07. The van der Waals surface area contributed by atoms with Gasteiger partial charge in [-0.2, -0.15) is 0 Å². The molecular formula is C8H6CuO10. The number of carboxylic acid groups (broad SMARTS) is 4. The van der Waals surface area contributed by atoms with Crippen LogP contribution in [0.5, 0.6) is 0 Å². The Morgan fingerprint density at radius 2 is 0.895 bits per heavy atom. The van der Waals surface area contributed by atoms with Crippen LogP contribution in [0.1, 0.15) is 12.8 Å². The van der Waals surface area contributed by atoms with Gasteiger partial charge >= 0.3 is 29.0 Å². The van der Waals surface area contributed by atoms with Crippen LogP contribution < -0.4 is 10.2 Å². The molecule has 0 saturated heterocycles. The van der Waals surface area contributed by atoms with Crippen LogP contribution >= 0.6 is 0 Å². The molecule has 0 spiro atoms. The first kappa shape index (κ1) is 22.0. The number of carboxylic acids is 4. The molecule has 1 radical (unpaired) electrons. The summed E-state index contributed by atoms with van der Waals surface area (Å²) in [5.41, 5.74) is 0. The van der Waals surface area contributed by atoms with Gasteiger partial charge < -0.3 is 30.0 Å². The van der Waals surface area contributed by atoms with Crippen LogP contribution in [-0.4, -0.2) is 45.7 Å². The van der Waals surface area contributed by atoms with Crippen molar-refractivity contribution in [2.75, 3.05) is 0 Å². The van der Waals surface area contributed by atoms with Gasteiger partial charge in [0, 0.05) is 11.9 Å². The van der Waals surface area contributed by atoms with E-state index in [1.165, 1.54) is 0 Å². The van der Waals surface area contributed by atoms with E-state index in [1.807, 2.05) is 0 Å². The summed E-state index contributed by atoms with van der Waals surface area (Å²) in [6.07, 6.45) is -2.12. The van der Waals surface area contributed by atoms with Gasteiger partial charge in [-0.1, -0.05) is 0 Å². The number of hydrogen-bond acceptors (Lipinski definition) is 8. The second-order valence-corrected chi connectivity index (χ2v) is 2.55. The summed E-state index contributed by atoms with van der Waals surface area (Å²) in [5, 5.41) is 34.6. The van der Waals surface area contributed by atoms with Crippen LogP contribution in [0.2, 0.25) is 0 Å². The third kappa shape index (κ3) is 15.7. The molecule has 0 heterocycles. The van der Waals surface area contributed by atoms with E-state index in [2.05, 4.69) is 0 Å². The summed E-state index contributed by atoms with van der Waals surface area (Å²) in [7, 11) is 0. The zero-order valence-electron chi connectivity index (χ0n) is 8.88. The van der Waals surface area contributed by atoms with E-state index >= 15 is 0 Å². The first-order valence-electron chi connectivity index (χ1n) is 3.99. The molecule has 11 heteroatoms. The fraction of sp³-hybridized carbons (Fsp3) is 0.250. The largest absolute Gasteiger partial charge is 2.00 e. The van der Waals surface area contributed by atoms with Crippen molar-refractivity contribution in [3.05, 3.63) is 0 Å². The van der Waals surface area contributed by atoms with E-state index in [0.29, 0.717) is 0 Å². The molecule has 0 bridgehead atoms. The molecule has 0 aromatic rings. The summed E-state index contributed by atoms with van der Waals surface area (Å²) < 4.78 is 0. The van der Waals surface area contributed by atoms with Crippen molar-refractivity contribution in [1.82, 2.24) is 0 Å². The molecule has 0 fully saturated rings. The Labute approximate surface area is 115 Å². The molecule has 109 valence electrons. The maximum atomic E-state index is 9.93. The van der Waals surface area contributed by atoms with Gasteiger partial charge in [0.05, 0.1) is 12.8 Å². The molecule has 0 atom stereocenters. The number of rotatable bonds is 6. The Kier molecular flexibility index (Phi) is 12.6. The molecule has 0 unspecified atom stereocenters. The number of aliphatic carboxylic acids is 4. The molecule has 0 saturated carbocycles. The van der Waals surface area contributed by atoms with Crippen LogP contribution in [0.3, 0.4) is 0 Å². The SMILES string of the molecule is O=C([O-])CC(=O)C(=O)O.O=C([O-])CC(=O)C(=O)O.[Cu+2]. The summed E-state index contributed by atoms with van der Waals surface area (Å²) >= 11 is 0. The quantitative estimate of drug-likeness (QED) is 0.273. The van der Waals surface area contributed by atoms with Crippen LogP contribution in [-0.2, 0) is 45.8 Å². The molecule has 0 aliphatic rings. The Bertz CT molecular complexity index is 360. The van der Waals surface area contributed by atoms with E-state index in [4.69, 9.17) is 10.2 Å². The fourth-order valence-electron chi connectivity index (χ4n) is 0.413. The first-order valence-corrected chi connectivity index (χ1v) is 3.99. The number of carbonyl (C=O) groups is 6. The minimum atomic E-state index is -1.75. The molecule has 0 aliphatic carbocycles. The van der Waals surface area contributed by atoms with E-state index in [-0.39, 0.29) is 17.1 Å². The zero-order chi connectivity index (χ0) is 14.9. The molecular weight excluding hydrogens is 320 g/mol. The average molecular weight is 326 g/mol. The van der Waals surface area contributed by atoms with Crippen molar-refractivity contribution in [2.45, 2.75) is 12.8 Å². The molecule has 19 heavy (non-hydrogen) atoms. The molecule has 0 rings (SSSR count). The van der Waals surface area contributed by atoms with Crippen molar-refractivity contribution in [2.24, 2.45) is 0 Å². The smallest absolute Gasteiger partial charge is 0.550 e. The van der Waals surface area contributed by atoms with E-state index in [1.54, 1.807) is 0 Å². The van der Waals surface area contributed by atoms with Crippen LogP contribution in [0.4, 0.5) is 0 Å². The van der Waals surface area contributed by atoms with Crippen LogP contribution in [0.15, 0.2) is 0 Å². The number of Topliss-reactive ketones (excluding diaryl/α,β-unsaturated/α-hetero) is 2. The molecule has 2 N–H and O–H groups in total. The predicted molar refractivity (Wildman–Crippen MR) is 44.5 cm³/mol. The minimum absolute atomic E-state index is 0. The molecule has 10 nitrogen and oxygen atoms in total. The maximum absolute atomic E-state index is 9.93. The van der Waals surface area contributed by atoms with Crippen molar-refractivity contribution in [3.8, 4) is 0 Å². The van der Waals surface area contributed by atoms with Crippen LogP contribution in [0.25, 0.3) is 0 Å². The average Bonchev–Trinajstić information content (AvgIpc) is 2.16. The minimum Gasteiger partial charge on any atom is -0.550 e. The molecule has 0 amide bonds. The fourth-order valence-corrected chi connectivity index (χ4v) is 0.413. The third-order valence-corrected chi connectivity index (χ3v) is 1.09. The van der Waals surface area contributed by atoms with E-state index < -0.39 is 48.3 Å². The topological polar surface area (TPSA) is 189 Å². The van der Waals surface area contributed by atoms with Crippen molar-refractivity contribution in [3.63, 3.8) is 0 Å². The maximum Gasteiger partial charge on any atom is 2.00 e. The summed E-state index contributed by atoms with van der Waals surface area (Å²) in [4.78, 5) is 58.1. The Hall–Kier alpha value is -2.26. The van der Waals surface area contributed by atoms with Crippen molar-refractivity contribution in [1.29, 1.82) is 0 Å². The van der Waals surface area contributed by atoms with Crippen molar-refractivity contribution < 1.29 is 66.3 Å². The molecule has 0 aliphatic heterocycles. The van der Waals surface area contributed by atoms with Gasteiger partial charge in [0.1, 0.15) is 0 Å². The van der Waals surface area contributed by atoms with Crippen molar-refractivity contribution >= 4 is 35.4 Å². The van der Waals surface area contributed by atoms with Gasteiger partial charge in [-0.3, -0.25) is 9.59 Å². The monoisotopic (exact) mass is 325 g/mol. The van der Waals surface area contributed by atoms with Gasteiger partial charge in [-0.05, 0) is 0 Å². The standard InChI is InChI=1S/2C4H4O5.Cu/c2*5-2(4(8)9)1-3(6)7;/h2*1H2,(H,6,7)(H,8,9);/q;;+2/p-2. The van der Waals surface area contributed by atoms with Gasteiger partial charge in [0.2, 0.25) is 11.6 Å². The Morgan fingerprint density at radius 3 is 0.947 bits per heavy atom. The zero-order valence-corrected chi connectivity index (χ0v) is 9.82. The van der Waals surface area contributed by atoms with Crippen LogP contribution in [0, 0.1) is 0 Å².